The summed E-state index contributed by atoms with van der Waals surface area (Å²) in [5.41, 5.74) is 0.936. The predicted octanol–water partition coefficient (Wildman–Crippen LogP) is 1.90. The lowest BCUT2D eigenvalue weighted by Crippen LogP contribution is -2.52. The zero-order valence-electron chi connectivity index (χ0n) is 16.9. The molecule has 0 radical (unpaired) electrons. The summed E-state index contributed by atoms with van der Waals surface area (Å²) >= 11 is 0. The van der Waals surface area contributed by atoms with Gasteiger partial charge in [-0.05, 0) is 24.8 Å². The summed E-state index contributed by atoms with van der Waals surface area (Å²) in [6.07, 6.45) is 2.55. The highest BCUT2D eigenvalue weighted by atomic mass is 16.3. The zero-order chi connectivity index (χ0) is 19.9. The number of piperidine rings is 1. The van der Waals surface area contributed by atoms with Crippen molar-refractivity contribution in [2.45, 2.75) is 38.7 Å². The number of amides is 2. The number of nitrogens with zero attached hydrogens (tertiary/aromatic N) is 3. The van der Waals surface area contributed by atoms with Crippen LogP contribution in [0.4, 0.5) is 0 Å². The van der Waals surface area contributed by atoms with Crippen molar-refractivity contribution in [3.05, 3.63) is 35.9 Å². The highest BCUT2D eigenvalue weighted by molar-refractivity contribution is 5.80. The van der Waals surface area contributed by atoms with Crippen molar-refractivity contribution < 1.29 is 14.7 Å². The Kier molecular flexibility index (Phi) is 7.45. The number of likely N-dealkylation sites (tertiary alicyclic amines) is 1. The van der Waals surface area contributed by atoms with Crippen LogP contribution in [0, 0.1) is 5.92 Å². The second-order valence-corrected chi connectivity index (χ2v) is 7.96. The Hall–Kier alpha value is -1.92. The van der Waals surface area contributed by atoms with Crippen molar-refractivity contribution in [2.24, 2.45) is 5.92 Å². The molecule has 2 aliphatic heterocycles. The lowest BCUT2D eigenvalue weighted by Gasteiger charge is -2.39. The summed E-state index contributed by atoms with van der Waals surface area (Å²) in [5.74, 6) is 0.511. The molecule has 2 heterocycles. The van der Waals surface area contributed by atoms with Crippen LogP contribution >= 0.6 is 0 Å². The maximum atomic E-state index is 12.9. The molecule has 3 rings (SSSR count). The van der Waals surface area contributed by atoms with Crippen LogP contribution in [0.15, 0.2) is 30.3 Å². The molecule has 0 aromatic heterocycles. The third kappa shape index (κ3) is 5.32. The van der Waals surface area contributed by atoms with Crippen molar-refractivity contribution in [1.82, 2.24) is 14.7 Å². The Labute approximate surface area is 168 Å². The summed E-state index contributed by atoms with van der Waals surface area (Å²) < 4.78 is 0. The van der Waals surface area contributed by atoms with E-state index >= 15 is 0 Å². The SMILES string of the molecule is CCCC(=O)N1CCC(C(=O)N2CCN(CC(O)c3ccccc3)CC2)CC1. The average Bonchev–Trinajstić information content (AvgIpc) is 2.74. The largest absolute Gasteiger partial charge is 0.387 e. The minimum atomic E-state index is -0.492. The van der Waals surface area contributed by atoms with Crippen LogP contribution in [0.25, 0.3) is 0 Å². The van der Waals surface area contributed by atoms with Gasteiger partial charge in [-0.25, -0.2) is 0 Å². The van der Waals surface area contributed by atoms with Gasteiger partial charge in [-0.3, -0.25) is 14.5 Å². The zero-order valence-corrected chi connectivity index (χ0v) is 16.9. The van der Waals surface area contributed by atoms with Crippen molar-refractivity contribution in [2.75, 3.05) is 45.8 Å². The number of benzene rings is 1. The first-order valence-corrected chi connectivity index (χ1v) is 10.6. The van der Waals surface area contributed by atoms with E-state index < -0.39 is 6.10 Å². The lowest BCUT2D eigenvalue weighted by molar-refractivity contribution is -0.142. The Morgan fingerprint density at radius 2 is 1.64 bits per heavy atom. The molecule has 2 aliphatic rings. The van der Waals surface area contributed by atoms with Crippen LogP contribution < -0.4 is 0 Å². The number of β-amino-alcohol motifs (C(OH)–C–C–N with tert-alkyl or cyclic N) is 1. The quantitative estimate of drug-likeness (QED) is 0.810. The van der Waals surface area contributed by atoms with Crippen molar-refractivity contribution in [3.8, 4) is 0 Å². The number of piperazine rings is 1. The van der Waals surface area contributed by atoms with Crippen molar-refractivity contribution in [3.63, 3.8) is 0 Å². The number of hydrogen-bond acceptors (Lipinski definition) is 4. The fourth-order valence-electron chi connectivity index (χ4n) is 4.18. The van der Waals surface area contributed by atoms with Gasteiger partial charge in [0.2, 0.25) is 11.8 Å². The van der Waals surface area contributed by atoms with Crippen LogP contribution in [0.3, 0.4) is 0 Å². The fraction of sp³-hybridized carbons (Fsp3) is 0.636. The highest BCUT2D eigenvalue weighted by Crippen LogP contribution is 2.22. The van der Waals surface area contributed by atoms with Gasteiger partial charge in [0.05, 0.1) is 6.10 Å². The molecule has 1 aromatic rings. The maximum absolute atomic E-state index is 12.9. The van der Waals surface area contributed by atoms with E-state index in [0.29, 0.717) is 26.1 Å². The van der Waals surface area contributed by atoms with Crippen LogP contribution in [-0.4, -0.2) is 77.4 Å². The molecule has 0 saturated carbocycles. The molecule has 1 aromatic carbocycles. The van der Waals surface area contributed by atoms with Gasteiger partial charge in [0.1, 0.15) is 0 Å². The van der Waals surface area contributed by atoms with E-state index in [4.69, 9.17) is 0 Å². The minimum absolute atomic E-state index is 0.0483. The van der Waals surface area contributed by atoms with Crippen molar-refractivity contribution >= 4 is 11.8 Å². The fourth-order valence-corrected chi connectivity index (χ4v) is 4.18. The van der Waals surface area contributed by atoms with Gasteiger partial charge < -0.3 is 14.9 Å². The van der Waals surface area contributed by atoms with Gasteiger partial charge in [-0.2, -0.15) is 0 Å². The molecular weight excluding hydrogens is 354 g/mol. The molecule has 28 heavy (non-hydrogen) atoms. The molecular formula is C22H33N3O3. The van der Waals surface area contributed by atoms with E-state index in [1.165, 1.54) is 0 Å². The Morgan fingerprint density at radius 3 is 2.25 bits per heavy atom. The number of rotatable bonds is 6. The van der Waals surface area contributed by atoms with E-state index in [-0.39, 0.29) is 17.7 Å². The third-order valence-electron chi connectivity index (χ3n) is 5.96. The Bertz CT molecular complexity index is 636. The van der Waals surface area contributed by atoms with Gasteiger partial charge in [-0.15, -0.1) is 0 Å². The van der Waals surface area contributed by atoms with E-state index in [9.17, 15) is 14.7 Å². The van der Waals surface area contributed by atoms with Gasteiger partial charge in [0.15, 0.2) is 0 Å². The molecule has 1 atom stereocenters. The van der Waals surface area contributed by atoms with E-state index in [1.54, 1.807) is 0 Å². The molecule has 2 saturated heterocycles. The first-order valence-electron chi connectivity index (χ1n) is 10.6. The maximum Gasteiger partial charge on any atom is 0.225 e. The van der Waals surface area contributed by atoms with Gasteiger partial charge in [0, 0.05) is 58.2 Å². The Balaban J connectivity index is 1.41. The number of carbonyl (C=O) groups is 2. The topological polar surface area (TPSA) is 64.1 Å². The molecule has 6 nitrogen and oxygen atoms in total. The third-order valence-corrected chi connectivity index (χ3v) is 5.96. The first-order chi connectivity index (χ1) is 13.6. The van der Waals surface area contributed by atoms with Crippen LogP contribution in [0.2, 0.25) is 0 Å². The van der Waals surface area contributed by atoms with Crippen LogP contribution in [-0.2, 0) is 9.59 Å². The standard InChI is InChI=1S/C22H33N3O3/c1-2-6-21(27)24-11-9-19(10-12-24)22(28)25-15-13-23(14-16-25)17-20(26)18-7-4-3-5-8-18/h3-5,7-8,19-20,26H,2,6,9-17H2,1H3. The predicted molar refractivity (Wildman–Crippen MR) is 109 cm³/mol. The second-order valence-electron chi connectivity index (χ2n) is 7.96. The van der Waals surface area contributed by atoms with E-state index in [0.717, 1.165) is 51.0 Å². The van der Waals surface area contributed by atoms with Crippen LogP contribution in [0.1, 0.15) is 44.3 Å². The lowest BCUT2D eigenvalue weighted by atomic mass is 9.94. The van der Waals surface area contributed by atoms with Crippen molar-refractivity contribution in [1.29, 1.82) is 0 Å². The van der Waals surface area contributed by atoms with Crippen LogP contribution in [0.5, 0.6) is 0 Å². The minimum Gasteiger partial charge on any atom is -0.387 e. The van der Waals surface area contributed by atoms with Gasteiger partial charge in [-0.1, -0.05) is 37.3 Å². The van der Waals surface area contributed by atoms with Gasteiger partial charge >= 0.3 is 0 Å². The average molecular weight is 388 g/mol. The molecule has 0 spiro atoms. The van der Waals surface area contributed by atoms with E-state index in [2.05, 4.69) is 4.90 Å². The first kappa shape index (κ1) is 20.8. The summed E-state index contributed by atoms with van der Waals surface area (Å²) in [5, 5.41) is 10.4. The second kappa shape index (κ2) is 10.0. The molecule has 0 aliphatic carbocycles. The number of carbonyl (C=O) groups excluding carboxylic acids is 2. The summed E-state index contributed by atoms with van der Waals surface area (Å²) in [7, 11) is 0. The summed E-state index contributed by atoms with van der Waals surface area (Å²) in [6, 6.07) is 9.72. The van der Waals surface area contributed by atoms with Gasteiger partial charge in [0.25, 0.3) is 0 Å². The Morgan fingerprint density at radius 1 is 1.00 bits per heavy atom. The molecule has 6 heteroatoms. The summed E-state index contributed by atoms with van der Waals surface area (Å²) in [4.78, 5) is 31.0. The number of aliphatic hydroxyl groups excluding tert-OH is 1. The number of hydrogen-bond donors (Lipinski definition) is 1. The highest BCUT2D eigenvalue weighted by Gasteiger charge is 2.31. The normalized spacial score (nSPS) is 20.2. The summed E-state index contributed by atoms with van der Waals surface area (Å²) in [6.45, 7) is 7.06. The van der Waals surface area contributed by atoms with E-state index in [1.807, 2.05) is 47.1 Å². The molecule has 2 amide bonds. The monoisotopic (exact) mass is 387 g/mol. The molecule has 2 fully saturated rings. The molecule has 1 N–H and O–H groups in total. The molecule has 0 bridgehead atoms. The molecule has 1 unspecified atom stereocenters. The molecule has 154 valence electrons. The number of aliphatic hydroxyl groups is 1. The smallest absolute Gasteiger partial charge is 0.225 e.